The summed E-state index contributed by atoms with van der Waals surface area (Å²) in [4.78, 5) is 0. The number of fused-ring (bicyclic) bond motifs is 5. The normalized spacial score (nSPS) is 41.6. The van der Waals surface area contributed by atoms with Crippen molar-refractivity contribution < 1.29 is 5.11 Å². The first-order valence-electron chi connectivity index (χ1n) is 6.81. The smallest absolute Gasteiger partial charge is 0.115 e. The number of hydrogen-bond donors (Lipinski definition) is 2. The first-order chi connectivity index (χ1) is 8.22. The Labute approximate surface area is 102 Å². The molecule has 0 saturated carbocycles. The van der Waals surface area contributed by atoms with Gasteiger partial charge in [-0.2, -0.15) is 0 Å². The summed E-state index contributed by atoms with van der Waals surface area (Å²) in [5.41, 5.74) is 3.29. The number of piperidine rings is 1. The molecule has 1 aromatic rings. The van der Waals surface area contributed by atoms with Gasteiger partial charge in [-0.05, 0) is 54.4 Å². The zero-order chi connectivity index (χ0) is 11.6. The van der Waals surface area contributed by atoms with E-state index in [-0.39, 0.29) is 0 Å². The minimum atomic E-state index is 0.335. The molecule has 1 aromatic carbocycles. The Morgan fingerprint density at radius 1 is 1.41 bits per heavy atom. The number of aromatic hydroxyl groups is 1. The maximum atomic E-state index is 9.78. The van der Waals surface area contributed by atoms with Gasteiger partial charge in [0.05, 0.1) is 0 Å². The van der Waals surface area contributed by atoms with Gasteiger partial charge in [0.25, 0.3) is 0 Å². The second-order valence-electron chi connectivity index (χ2n) is 6.13. The predicted molar refractivity (Wildman–Crippen MR) is 67.4 cm³/mol. The van der Waals surface area contributed by atoms with Gasteiger partial charge in [-0.1, -0.05) is 13.0 Å². The zero-order valence-corrected chi connectivity index (χ0v) is 10.2. The number of benzene rings is 1. The summed E-state index contributed by atoms with van der Waals surface area (Å²) in [6, 6.07) is 7.45. The number of hydrogen-bond acceptors (Lipinski definition) is 2. The van der Waals surface area contributed by atoms with E-state index in [0.717, 1.165) is 0 Å². The van der Waals surface area contributed by atoms with Crippen LogP contribution in [0.1, 0.15) is 49.7 Å². The SMILES string of the molecule is CC[C@@]12C[C@H]3C[C@H](c4ccc(O)cc41)[C@@H](C2)N3. The van der Waals surface area contributed by atoms with Gasteiger partial charge in [-0.3, -0.25) is 0 Å². The van der Waals surface area contributed by atoms with Gasteiger partial charge in [0.2, 0.25) is 0 Å². The molecule has 3 bridgehead atoms. The molecule has 4 atom stereocenters. The highest BCUT2D eigenvalue weighted by Gasteiger charge is 2.53. The zero-order valence-electron chi connectivity index (χ0n) is 10.2. The third kappa shape index (κ3) is 1.14. The van der Waals surface area contributed by atoms with E-state index in [2.05, 4.69) is 18.3 Å². The summed E-state index contributed by atoms with van der Waals surface area (Å²) in [6.07, 6.45) is 5.02. The molecule has 2 heteroatoms. The van der Waals surface area contributed by atoms with E-state index in [1.54, 1.807) is 0 Å². The minimum absolute atomic E-state index is 0.335. The van der Waals surface area contributed by atoms with Crippen LogP contribution in [0.5, 0.6) is 5.75 Å². The molecule has 90 valence electrons. The average molecular weight is 229 g/mol. The van der Waals surface area contributed by atoms with Crippen LogP contribution in [0.15, 0.2) is 18.2 Å². The molecule has 2 N–H and O–H groups in total. The average Bonchev–Trinajstić information content (AvgIpc) is 2.59. The second kappa shape index (κ2) is 3.05. The molecule has 0 aromatic heterocycles. The monoisotopic (exact) mass is 229 g/mol. The molecule has 17 heavy (non-hydrogen) atoms. The Kier molecular flexibility index (Phi) is 1.79. The number of phenolic OH excluding ortho intramolecular Hbond substituents is 1. The van der Waals surface area contributed by atoms with Crippen LogP contribution < -0.4 is 5.32 Å². The summed E-state index contributed by atoms with van der Waals surface area (Å²) in [5.74, 6) is 1.13. The Morgan fingerprint density at radius 3 is 3.12 bits per heavy atom. The highest BCUT2D eigenvalue weighted by atomic mass is 16.3. The van der Waals surface area contributed by atoms with Crippen molar-refractivity contribution in [3.05, 3.63) is 29.3 Å². The summed E-state index contributed by atoms with van der Waals surface area (Å²) in [6.45, 7) is 2.30. The van der Waals surface area contributed by atoms with Gasteiger partial charge in [0, 0.05) is 18.0 Å². The Morgan fingerprint density at radius 2 is 2.29 bits per heavy atom. The van der Waals surface area contributed by atoms with Crippen molar-refractivity contribution in [1.82, 2.24) is 5.32 Å². The van der Waals surface area contributed by atoms with Gasteiger partial charge in [-0.15, -0.1) is 0 Å². The molecule has 2 heterocycles. The minimum Gasteiger partial charge on any atom is -0.508 e. The Balaban J connectivity index is 1.98. The molecule has 2 fully saturated rings. The number of phenols is 1. The summed E-state index contributed by atoms with van der Waals surface area (Å²) < 4.78 is 0. The van der Waals surface area contributed by atoms with E-state index in [1.165, 1.54) is 36.8 Å². The molecular formula is C15H19NO. The first-order valence-corrected chi connectivity index (χ1v) is 6.81. The molecule has 0 amide bonds. The second-order valence-corrected chi connectivity index (χ2v) is 6.13. The van der Waals surface area contributed by atoms with Gasteiger partial charge in [0.15, 0.2) is 0 Å². The quantitative estimate of drug-likeness (QED) is 0.776. The Bertz CT molecular complexity index is 480. The lowest BCUT2D eigenvalue weighted by molar-refractivity contribution is 0.222. The molecule has 3 aliphatic rings. The number of rotatable bonds is 1. The third-order valence-electron chi connectivity index (χ3n) is 5.41. The molecule has 1 aliphatic carbocycles. The van der Waals surface area contributed by atoms with Crippen LogP contribution in [0, 0.1) is 0 Å². The van der Waals surface area contributed by atoms with Crippen molar-refractivity contribution in [2.45, 2.75) is 56.0 Å². The van der Waals surface area contributed by atoms with Crippen LogP contribution in [0.4, 0.5) is 0 Å². The lowest BCUT2D eigenvalue weighted by Crippen LogP contribution is -2.50. The van der Waals surface area contributed by atoms with Crippen molar-refractivity contribution in [3.63, 3.8) is 0 Å². The fourth-order valence-electron chi connectivity index (χ4n) is 4.65. The highest BCUT2D eigenvalue weighted by molar-refractivity contribution is 5.48. The van der Waals surface area contributed by atoms with Gasteiger partial charge >= 0.3 is 0 Å². The largest absolute Gasteiger partial charge is 0.508 e. The maximum absolute atomic E-state index is 9.78. The number of nitrogens with one attached hydrogen (secondary N) is 1. The van der Waals surface area contributed by atoms with E-state index in [1.807, 2.05) is 12.1 Å². The van der Waals surface area contributed by atoms with E-state index in [4.69, 9.17) is 0 Å². The van der Waals surface area contributed by atoms with E-state index in [0.29, 0.717) is 29.2 Å². The van der Waals surface area contributed by atoms with Gasteiger partial charge in [-0.25, -0.2) is 0 Å². The van der Waals surface area contributed by atoms with Crippen LogP contribution in [0.25, 0.3) is 0 Å². The summed E-state index contributed by atoms with van der Waals surface area (Å²) >= 11 is 0. The molecule has 2 nitrogen and oxygen atoms in total. The van der Waals surface area contributed by atoms with Crippen molar-refractivity contribution >= 4 is 0 Å². The van der Waals surface area contributed by atoms with Gasteiger partial charge in [0.1, 0.15) is 5.75 Å². The van der Waals surface area contributed by atoms with Crippen molar-refractivity contribution in [1.29, 1.82) is 0 Å². The van der Waals surface area contributed by atoms with E-state index < -0.39 is 0 Å². The van der Waals surface area contributed by atoms with Crippen LogP contribution in [-0.4, -0.2) is 17.2 Å². The van der Waals surface area contributed by atoms with Crippen molar-refractivity contribution in [3.8, 4) is 5.75 Å². The Hall–Kier alpha value is -1.02. The molecular weight excluding hydrogens is 210 g/mol. The van der Waals surface area contributed by atoms with Gasteiger partial charge < -0.3 is 10.4 Å². The molecule has 0 unspecified atom stereocenters. The standard InChI is InChI=1S/C15H19NO/c1-2-15-7-9-5-12(14(8-15)16-9)11-4-3-10(17)6-13(11)15/h3-4,6,9,12,14,16-17H,2,5,7-8H2,1H3/t9-,12-,14-,15+/m1/s1. The van der Waals surface area contributed by atoms with Crippen LogP contribution >= 0.6 is 0 Å². The lowest BCUT2D eigenvalue weighted by Gasteiger charge is -2.46. The molecule has 2 saturated heterocycles. The molecule has 2 aliphatic heterocycles. The van der Waals surface area contributed by atoms with Crippen molar-refractivity contribution in [2.24, 2.45) is 0 Å². The van der Waals surface area contributed by atoms with Crippen LogP contribution in [0.3, 0.4) is 0 Å². The molecule has 0 spiro atoms. The van der Waals surface area contributed by atoms with E-state index in [9.17, 15) is 5.11 Å². The van der Waals surface area contributed by atoms with Crippen molar-refractivity contribution in [2.75, 3.05) is 0 Å². The fraction of sp³-hybridized carbons (Fsp3) is 0.600. The summed E-state index contributed by atoms with van der Waals surface area (Å²) in [5, 5.41) is 13.6. The molecule has 4 rings (SSSR count). The topological polar surface area (TPSA) is 32.3 Å². The van der Waals surface area contributed by atoms with Crippen LogP contribution in [0.2, 0.25) is 0 Å². The molecule has 0 radical (unpaired) electrons. The van der Waals surface area contributed by atoms with E-state index >= 15 is 0 Å². The highest BCUT2D eigenvalue weighted by Crippen LogP contribution is 2.56. The first kappa shape index (κ1) is 9.95. The lowest BCUT2D eigenvalue weighted by atomic mass is 9.63. The maximum Gasteiger partial charge on any atom is 0.115 e. The van der Waals surface area contributed by atoms with Crippen LogP contribution in [-0.2, 0) is 5.41 Å². The predicted octanol–water partition coefficient (Wildman–Crippen LogP) is 2.66. The fourth-order valence-corrected chi connectivity index (χ4v) is 4.65. The third-order valence-corrected chi connectivity index (χ3v) is 5.41. The summed E-state index contributed by atoms with van der Waals surface area (Å²) in [7, 11) is 0.